The number of benzene rings is 2. The van der Waals surface area contributed by atoms with E-state index >= 15 is 0 Å². The first kappa shape index (κ1) is 24.0. The summed E-state index contributed by atoms with van der Waals surface area (Å²) in [5, 5.41) is 2.91. The van der Waals surface area contributed by atoms with E-state index in [1.165, 1.54) is 10.5 Å². The van der Waals surface area contributed by atoms with E-state index in [2.05, 4.69) is 31.3 Å². The molecule has 2 amide bonds. The van der Waals surface area contributed by atoms with Crippen molar-refractivity contribution in [3.8, 4) is 16.9 Å². The molecule has 0 spiro atoms. The topological polar surface area (TPSA) is 80.4 Å². The van der Waals surface area contributed by atoms with Gasteiger partial charge in [-0.3, -0.25) is 19.5 Å². The van der Waals surface area contributed by atoms with Gasteiger partial charge in [0, 0.05) is 23.9 Å². The van der Waals surface area contributed by atoms with E-state index in [0.717, 1.165) is 16.9 Å². The number of nitrogens with zero attached hydrogens (tertiary/aromatic N) is 3. The molecule has 180 valence electrons. The lowest BCUT2D eigenvalue weighted by atomic mass is 10.0. The predicted molar refractivity (Wildman–Crippen MR) is 136 cm³/mol. The van der Waals surface area contributed by atoms with Crippen LogP contribution in [0.1, 0.15) is 44.4 Å². The van der Waals surface area contributed by atoms with Crippen LogP contribution in [-0.4, -0.2) is 32.8 Å². The van der Waals surface area contributed by atoms with Crippen LogP contribution in [0.3, 0.4) is 0 Å². The minimum atomic E-state index is -0.330. The van der Waals surface area contributed by atoms with Gasteiger partial charge in [-0.25, -0.2) is 4.98 Å². The van der Waals surface area contributed by atoms with Crippen LogP contribution in [0.4, 0.5) is 5.95 Å². The third-order valence-corrected chi connectivity index (χ3v) is 5.78. The number of furan rings is 1. The van der Waals surface area contributed by atoms with Crippen molar-refractivity contribution >= 4 is 17.8 Å². The minimum absolute atomic E-state index is 0.104. The van der Waals surface area contributed by atoms with Crippen LogP contribution < -0.4 is 5.32 Å². The Morgan fingerprint density at radius 2 is 1.77 bits per heavy atom. The fraction of sp³-hybridized carbons (Fsp3) is 0.250. The maximum atomic E-state index is 13.1. The minimum Gasteiger partial charge on any atom is -0.467 e. The van der Waals surface area contributed by atoms with E-state index in [0.29, 0.717) is 24.0 Å². The second-order valence-corrected chi connectivity index (χ2v) is 8.66. The molecule has 0 saturated carbocycles. The molecule has 0 aliphatic heterocycles. The molecule has 0 bridgehead atoms. The Morgan fingerprint density at radius 3 is 2.40 bits per heavy atom. The average Bonchev–Trinajstić information content (AvgIpc) is 3.54. The van der Waals surface area contributed by atoms with Gasteiger partial charge >= 0.3 is 0 Å². The van der Waals surface area contributed by atoms with Gasteiger partial charge in [-0.1, -0.05) is 63.2 Å². The lowest BCUT2D eigenvalue weighted by molar-refractivity contribution is -0.135. The van der Waals surface area contributed by atoms with Crippen LogP contribution in [0.15, 0.2) is 83.6 Å². The smallest absolute Gasteiger partial charge is 0.246 e. The highest BCUT2D eigenvalue weighted by Crippen LogP contribution is 2.25. The highest BCUT2D eigenvalue weighted by atomic mass is 16.3. The van der Waals surface area contributed by atoms with Crippen LogP contribution >= 0.6 is 0 Å². The lowest BCUT2D eigenvalue weighted by Gasteiger charge is -2.20. The molecule has 0 fully saturated rings. The third-order valence-electron chi connectivity index (χ3n) is 5.78. The van der Waals surface area contributed by atoms with Crippen LogP contribution in [-0.2, 0) is 16.1 Å². The Hall–Kier alpha value is -4.13. The molecule has 4 aromatic rings. The van der Waals surface area contributed by atoms with Crippen LogP contribution in [0.25, 0.3) is 16.9 Å². The molecule has 2 heterocycles. The largest absolute Gasteiger partial charge is 0.467 e. The summed E-state index contributed by atoms with van der Waals surface area (Å²) in [6.07, 6.45) is 3.76. The van der Waals surface area contributed by atoms with Crippen molar-refractivity contribution in [3.05, 3.63) is 90.5 Å². The number of anilines is 1. The molecule has 0 unspecified atom stereocenters. The predicted octanol–water partition coefficient (Wildman–Crippen LogP) is 5.63. The van der Waals surface area contributed by atoms with E-state index in [1.807, 2.05) is 53.2 Å². The number of hydrogen-bond acceptors (Lipinski definition) is 4. The molecule has 2 aromatic heterocycles. The van der Waals surface area contributed by atoms with Crippen molar-refractivity contribution in [1.82, 2.24) is 14.5 Å². The molecule has 2 aromatic carbocycles. The summed E-state index contributed by atoms with van der Waals surface area (Å²) in [6, 6.07) is 21.6. The number of amides is 2. The van der Waals surface area contributed by atoms with Gasteiger partial charge in [0.15, 0.2) is 0 Å². The zero-order valence-corrected chi connectivity index (χ0v) is 20.3. The summed E-state index contributed by atoms with van der Waals surface area (Å²) in [7, 11) is 0. The summed E-state index contributed by atoms with van der Waals surface area (Å²) < 4.78 is 7.24. The van der Waals surface area contributed by atoms with Gasteiger partial charge in [-0.2, -0.15) is 0 Å². The molecule has 0 aliphatic rings. The van der Waals surface area contributed by atoms with E-state index in [9.17, 15) is 9.59 Å². The summed E-state index contributed by atoms with van der Waals surface area (Å²) in [6.45, 7) is 6.20. The van der Waals surface area contributed by atoms with Crippen molar-refractivity contribution < 1.29 is 14.0 Å². The van der Waals surface area contributed by atoms with Gasteiger partial charge < -0.3 is 9.32 Å². The molecule has 35 heavy (non-hydrogen) atoms. The molecule has 0 radical (unpaired) electrons. The Labute approximate surface area is 205 Å². The third kappa shape index (κ3) is 5.87. The maximum Gasteiger partial charge on any atom is 0.246 e. The molecular formula is C28H30N4O3. The molecule has 7 nitrogen and oxygen atoms in total. The van der Waals surface area contributed by atoms with Crippen molar-refractivity contribution in [2.45, 2.75) is 39.7 Å². The number of imidazole rings is 1. The SMILES string of the molecule is CCC(=O)N(CC(=O)Nc1nc(-c2ccccc2)cn1-c1ccc(C(C)C)cc1)Cc1ccco1. The summed E-state index contributed by atoms with van der Waals surface area (Å²) in [5.74, 6) is 0.977. The first-order valence-electron chi connectivity index (χ1n) is 11.8. The van der Waals surface area contributed by atoms with Crippen molar-refractivity contribution in [3.63, 3.8) is 0 Å². The Kier molecular flexibility index (Phi) is 7.45. The summed E-state index contributed by atoms with van der Waals surface area (Å²) >= 11 is 0. The average molecular weight is 471 g/mol. The Morgan fingerprint density at radius 1 is 1.03 bits per heavy atom. The molecule has 0 saturated heterocycles. The second-order valence-electron chi connectivity index (χ2n) is 8.66. The van der Waals surface area contributed by atoms with Crippen LogP contribution in [0.2, 0.25) is 0 Å². The maximum absolute atomic E-state index is 13.1. The highest BCUT2D eigenvalue weighted by molar-refractivity contribution is 5.93. The second kappa shape index (κ2) is 10.9. The molecule has 7 heteroatoms. The summed E-state index contributed by atoms with van der Waals surface area (Å²) in [5.41, 5.74) is 3.80. The molecule has 1 N–H and O–H groups in total. The van der Waals surface area contributed by atoms with Crippen LogP contribution in [0.5, 0.6) is 0 Å². The zero-order valence-electron chi connectivity index (χ0n) is 20.3. The number of aromatic nitrogens is 2. The van der Waals surface area contributed by atoms with Gasteiger partial charge in [0.25, 0.3) is 0 Å². The summed E-state index contributed by atoms with van der Waals surface area (Å²) in [4.78, 5) is 31.7. The lowest BCUT2D eigenvalue weighted by Crippen LogP contribution is -2.37. The number of rotatable bonds is 9. The fourth-order valence-electron chi connectivity index (χ4n) is 3.82. The Bertz CT molecular complexity index is 1260. The van der Waals surface area contributed by atoms with Crippen molar-refractivity contribution in [2.75, 3.05) is 11.9 Å². The normalized spacial score (nSPS) is 11.0. The molecule has 0 aliphatic carbocycles. The van der Waals surface area contributed by atoms with E-state index < -0.39 is 0 Å². The monoisotopic (exact) mass is 470 g/mol. The molecule has 0 atom stereocenters. The number of hydrogen-bond donors (Lipinski definition) is 1. The fourth-order valence-corrected chi connectivity index (χ4v) is 3.82. The van der Waals surface area contributed by atoms with Crippen molar-refractivity contribution in [2.24, 2.45) is 0 Å². The number of nitrogens with one attached hydrogen (secondary N) is 1. The van der Waals surface area contributed by atoms with Crippen LogP contribution in [0, 0.1) is 0 Å². The van der Waals surface area contributed by atoms with E-state index in [4.69, 9.17) is 9.40 Å². The van der Waals surface area contributed by atoms with Gasteiger partial charge in [-0.05, 0) is 35.7 Å². The van der Waals surface area contributed by atoms with Gasteiger partial charge in [0.2, 0.25) is 17.8 Å². The van der Waals surface area contributed by atoms with Crippen molar-refractivity contribution in [1.29, 1.82) is 0 Å². The highest BCUT2D eigenvalue weighted by Gasteiger charge is 2.20. The van der Waals surface area contributed by atoms with Gasteiger partial charge in [0.1, 0.15) is 12.3 Å². The van der Waals surface area contributed by atoms with E-state index in [-0.39, 0.29) is 24.9 Å². The number of carbonyl (C=O) groups is 2. The zero-order chi connectivity index (χ0) is 24.8. The quantitative estimate of drug-likeness (QED) is 0.344. The first-order chi connectivity index (χ1) is 16.9. The van der Waals surface area contributed by atoms with Gasteiger partial charge in [-0.15, -0.1) is 0 Å². The Balaban J connectivity index is 1.61. The first-order valence-corrected chi connectivity index (χ1v) is 11.8. The van der Waals surface area contributed by atoms with Gasteiger partial charge in [0.05, 0.1) is 18.5 Å². The standard InChI is InChI=1S/C28H30N4O3/c1-4-27(34)31(17-24-11-8-16-35-24)19-26(33)30-28-29-25(22-9-6-5-7-10-22)18-32(28)23-14-12-21(13-15-23)20(2)3/h5-16,18,20H,4,17,19H2,1-3H3,(H,29,30,33). The number of carbonyl (C=O) groups excluding carboxylic acids is 2. The molecular weight excluding hydrogens is 440 g/mol. The van der Waals surface area contributed by atoms with E-state index in [1.54, 1.807) is 25.3 Å². The molecule has 4 rings (SSSR count).